The van der Waals surface area contributed by atoms with E-state index >= 15 is 0 Å². The second kappa shape index (κ2) is 12.9. The minimum Gasteiger partial charge on any atom is -0.359 e. The maximum Gasteiger partial charge on any atom is 0.0873 e. The lowest BCUT2D eigenvalue weighted by molar-refractivity contribution is 0.542. The van der Waals surface area contributed by atoms with Crippen LogP contribution >= 0.6 is 0 Å². The van der Waals surface area contributed by atoms with Gasteiger partial charge in [-0.3, -0.25) is 4.98 Å². The molecule has 186 valence electrons. The highest BCUT2D eigenvalue weighted by Gasteiger charge is 2.13. The van der Waals surface area contributed by atoms with Gasteiger partial charge in [0, 0.05) is 17.5 Å². The van der Waals surface area contributed by atoms with Crippen molar-refractivity contribution in [2.24, 2.45) is 5.92 Å². The summed E-state index contributed by atoms with van der Waals surface area (Å²) in [4.78, 5) is 4.77. The molecule has 1 aliphatic rings. The standard InChI is InChI=1S/C34H40N2/c1-8-24(4)28(9-2)19-17-25(5)29(10-3)22-31-23-30(20-18-26(31)6)32-15-11-12-21-35-34(32)33-16-13-14-27(7)36-33/h8,10-16,18,20-23,28,35H,5-6,9,17,19H2,1-4,7H3/b24-8+,29-10+,31-22-. The van der Waals surface area contributed by atoms with Gasteiger partial charge in [0.1, 0.15) is 0 Å². The molecule has 0 radical (unpaired) electrons. The Morgan fingerprint density at radius 3 is 2.61 bits per heavy atom. The molecule has 3 rings (SSSR count). The summed E-state index contributed by atoms with van der Waals surface area (Å²) in [5.74, 6) is 0.611. The highest BCUT2D eigenvalue weighted by atomic mass is 14.9. The van der Waals surface area contributed by atoms with Crippen LogP contribution in [-0.2, 0) is 0 Å². The molecule has 1 N–H and O–H groups in total. The Balaban J connectivity index is 1.99. The van der Waals surface area contributed by atoms with E-state index in [2.05, 4.69) is 94.7 Å². The van der Waals surface area contributed by atoms with Crippen LogP contribution in [0.2, 0.25) is 0 Å². The van der Waals surface area contributed by atoms with Crippen molar-refractivity contribution in [2.45, 2.75) is 53.9 Å². The molecule has 1 unspecified atom stereocenters. The summed E-state index contributed by atoms with van der Waals surface area (Å²) in [7, 11) is 0. The first-order chi connectivity index (χ1) is 17.4. The van der Waals surface area contributed by atoms with Crippen molar-refractivity contribution in [3.63, 3.8) is 0 Å². The van der Waals surface area contributed by atoms with Gasteiger partial charge < -0.3 is 5.32 Å². The number of allylic oxidation sites excluding steroid dienone is 9. The van der Waals surface area contributed by atoms with Gasteiger partial charge in [0.25, 0.3) is 0 Å². The lowest BCUT2D eigenvalue weighted by Gasteiger charge is -2.17. The predicted octanol–water partition coefficient (Wildman–Crippen LogP) is 7.40. The number of nitrogens with one attached hydrogen (secondary N) is 1. The lowest BCUT2D eigenvalue weighted by atomic mass is 9.89. The van der Waals surface area contributed by atoms with Crippen LogP contribution in [0, 0.1) is 12.8 Å². The number of benzene rings is 1. The minimum atomic E-state index is 0.611. The van der Waals surface area contributed by atoms with E-state index in [1.807, 2.05) is 37.4 Å². The molecule has 0 aliphatic carbocycles. The quantitative estimate of drug-likeness (QED) is 0.301. The maximum absolute atomic E-state index is 4.77. The number of hydrogen-bond donors (Lipinski definition) is 1. The van der Waals surface area contributed by atoms with Crippen LogP contribution in [0.3, 0.4) is 0 Å². The Labute approximate surface area is 217 Å². The van der Waals surface area contributed by atoms with Gasteiger partial charge in [-0.1, -0.05) is 68.2 Å². The lowest BCUT2D eigenvalue weighted by Crippen LogP contribution is -2.23. The van der Waals surface area contributed by atoms with Crippen molar-refractivity contribution in [2.75, 3.05) is 0 Å². The van der Waals surface area contributed by atoms with E-state index in [1.165, 1.54) is 16.7 Å². The number of pyridine rings is 1. The van der Waals surface area contributed by atoms with Crippen LogP contribution in [0.4, 0.5) is 0 Å². The summed E-state index contributed by atoms with van der Waals surface area (Å²) < 4.78 is 0. The van der Waals surface area contributed by atoms with Crippen LogP contribution in [0.25, 0.3) is 23.9 Å². The summed E-state index contributed by atoms with van der Waals surface area (Å²) in [6.07, 6.45) is 18.1. The monoisotopic (exact) mass is 476 g/mol. The van der Waals surface area contributed by atoms with Gasteiger partial charge in [-0.05, 0) is 110 Å². The highest BCUT2D eigenvalue weighted by molar-refractivity contribution is 5.94. The van der Waals surface area contributed by atoms with E-state index < -0.39 is 0 Å². The van der Waals surface area contributed by atoms with E-state index in [1.54, 1.807) is 0 Å². The normalized spacial score (nSPS) is 15.6. The van der Waals surface area contributed by atoms with Gasteiger partial charge in [0.15, 0.2) is 0 Å². The van der Waals surface area contributed by atoms with Gasteiger partial charge in [0.2, 0.25) is 0 Å². The third-order valence-corrected chi connectivity index (χ3v) is 6.99. The molecule has 1 aromatic carbocycles. The third kappa shape index (κ3) is 6.73. The number of aromatic nitrogens is 1. The van der Waals surface area contributed by atoms with Crippen molar-refractivity contribution in [1.82, 2.24) is 10.3 Å². The smallest absolute Gasteiger partial charge is 0.0873 e. The molecule has 1 atom stereocenters. The molecular formula is C34H40N2. The SMILES string of the molecule is C=C(CCC(CC)/C(C)=C/C)C(/C=c1/cc(C2=C(c3cccc(C)n3)NC=CC=C2)ccc1=C)=C/C. The van der Waals surface area contributed by atoms with Crippen LogP contribution in [-0.4, -0.2) is 4.98 Å². The van der Waals surface area contributed by atoms with Gasteiger partial charge >= 0.3 is 0 Å². The van der Waals surface area contributed by atoms with Crippen molar-refractivity contribution >= 4 is 23.9 Å². The third-order valence-electron chi connectivity index (χ3n) is 6.99. The molecule has 0 spiro atoms. The number of rotatable bonds is 9. The summed E-state index contributed by atoms with van der Waals surface area (Å²) >= 11 is 0. The molecule has 0 amide bonds. The van der Waals surface area contributed by atoms with Crippen molar-refractivity contribution < 1.29 is 0 Å². The second-order valence-electron chi connectivity index (χ2n) is 9.40. The number of nitrogens with zero attached hydrogens (tertiary/aromatic N) is 1. The molecule has 0 fully saturated rings. The van der Waals surface area contributed by atoms with Crippen LogP contribution < -0.4 is 15.8 Å². The van der Waals surface area contributed by atoms with E-state index in [-0.39, 0.29) is 0 Å². The first-order valence-corrected chi connectivity index (χ1v) is 12.9. The van der Waals surface area contributed by atoms with Crippen LogP contribution in [0.5, 0.6) is 0 Å². The van der Waals surface area contributed by atoms with Gasteiger partial charge in [-0.2, -0.15) is 0 Å². The molecular weight excluding hydrogens is 436 g/mol. The minimum absolute atomic E-state index is 0.611. The second-order valence-corrected chi connectivity index (χ2v) is 9.40. The Kier molecular flexibility index (Phi) is 9.64. The van der Waals surface area contributed by atoms with Gasteiger partial charge in [-0.15, -0.1) is 0 Å². The topological polar surface area (TPSA) is 24.9 Å². The molecule has 2 aromatic rings. The molecule has 0 bridgehead atoms. The van der Waals surface area contributed by atoms with Crippen molar-refractivity contribution in [3.05, 3.63) is 124 Å². The van der Waals surface area contributed by atoms with Crippen LogP contribution in [0.15, 0.2) is 96.3 Å². The predicted molar refractivity (Wildman–Crippen MR) is 158 cm³/mol. The molecule has 2 nitrogen and oxygen atoms in total. The molecule has 1 aliphatic heterocycles. The number of aryl methyl sites for hydroxylation is 1. The zero-order valence-electron chi connectivity index (χ0n) is 22.6. The molecule has 1 aromatic heterocycles. The highest BCUT2D eigenvalue weighted by Crippen LogP contribution is 2.27. The van der Waals surface area contributed by atoms with Crippen molar-refractivity contribution in [1.29, 1.82) is 0 Å². The van der Waals surface area contributed by atoms with E-state index in [4.69, 9.17) is 4.98 Å². The average molecular weight is 477 g/mol. The molecule has 2 heterocycles. The van der Waals surface area contributed by atoms with E-state index in [0.29, 0.717) is 5.92 Å². The van der Waals surface area contributed by atoms with Crippen LogP contribution in [0.1, 0.15) is 63.9 Å². The first-order valence-electron chi connectivity index (χ1n) is 12.9. The molecule has 0 saturated carbocycles. The molecule has 0 saturated heterocycles. The Bertz CT molecular complexity index is 1360. The zero-order chi connectivity index (χ0) is 26.1. The fourth-order valence-electron chi connectivity index (χ4n) is 4.57. The summed E-state index contributed by atoms with van der Waals surface area (Å²) in [6, 6.07) is 12.6. The van der Waals surface area contributed by atoms with Crippen molar-refractivity contribution in [3.8, 4) is 0 Å². The fourth-order valence-corrected chi connectivity index (χ4v) is 4.57. The Morgan fingerprint density at radius 2 is 1.92 bits per heavy atom. The summed E-state index contributed by atoms with van der Waals surface area (Å²) in [5, 5.41) is 5.55. The molecule has 2 heteroatoms. The van der Waals surface area contributed by atoms with Gasteiger partial charge in [-0.25, -0.2) is 0 Å². The fraction of sp³-hybridized carbons (Fsp3) is 0.265. The van der Waals surface area contributed by atoms with E-state index in [9.17, 15) is 0 Å². The molecule has 36 heavy (non-hydrogen) atoms. The summed E-state index contributed by atoms with van der Waals surface area (Å²) in [5.41, 5.74) is 8.95. The largest absolute Gasteiger partial charge is 0.359 e. The van der Waals surface area contributed by atoms with E-state index in [0.717, 1.165) is 57.9 Å². The Morgan fingerprint density at radius 1 is 1.11 bits per heavy atom. The summed E-state index contributed by atoms with van der Waals surface area (Å²) in [6.45, 7) is 19.5. The first kappa shape index (κ1) is 26.9. The Hall–Kier alpha value is -3.65. The maximum atomic E-state index is 4.77. The zero-order valence-corrected chi connectivity index (χ0v) is 22.6. The number of hydrogen-bond acceptors (Lipinski definition) is 2. The van der Waals surface area contributed by atoms with Gasteiger partial charge in [0.05, 0.1) is 11.4 Å². The average Bonchev–Trinajstić information content (AvgIpc) is 3.14.